The van der Waals surface area contributed by atoms with Crippen molar-refractivity contribution in [2.45, 2.75) is 13.8 Å². The molecule has 0 fully saturated rings. The van der Waals surface area contributed by atoms with Gasteiger partial charge >= 0.3 is 0 Å². The summed E-state index contributed by atoms with van der Waals surface area (Å²) in [6.07, 6.45) is 1.33. The van der Waals surface area contributed by atoms with Gasteiger partial charge in [-0.1, -0.05) is 0 Å². The number of primary amides is 1. The second-order valence-electron chi connectivity index (χ2n) is 5.29. The Morgan fingerprint density at radius 1 is 1.45 bits per heavy atom. The molecule has 6 N–H and O–H groups in total. The summed E-state index contributed by atoms with van der Waals surface area (Å²) in [6, 6.07) is 3.23. The Kier molecular flexibility index (Phi) is 3.35. The van der Waals surface area contributed by atoms with Gasteiger partial charge < -0.3 is 21.8 Å². The molecule has 0 saturated carbocycles. The Hall–Kier alpha value is -2.57. The number of amides is 1. The van der Waals surface area contributed by atoms with E-state index in [9.17, 15) is 9.59 Å². The number of fused-ring (bicyclic) bond motifs is 1. The highest BCUT2D eigenvalue weighted by molar-refractivity contribution is 5.88. The van der Waals surface area contributed by atoms with Crippen molar-refractivity contribution in [3.63, 3.8) is 0 Å². The summed E-state index contributed by atoms with van der Waals surface area (Å²) in [5.74, 6) is -0.404. The molecule has 1 heterocycles. The zero-order valence-corrected chi connectivity index (χ0v) is 11.4. The second-order valence-corrected chi connectivity index (χ2v) is 5.29. The van der Waals surface area contributed by atoms with E-state index in [0.29, 0.717) is 28.8 Å². The molecule has 1 aromatic carbocycles. The second kappa shape index (κ2) is 4.84. The summed E-state index contributed by atoms with van der Waals surface area (Å²) in [6.45, 7) is 3.81. The van der Waals surface area contributed by atoms with Crippen LogP contribution in [0, 0.1) is 5.41 Å². The van der Waals surface area contributed by atoms with E-state index in [4.69, 9.17) is 11.5 Å². The Labute approximate surface area is 115 Å². The zero-order valence-electron chi connectivity index (χ0n) is 11.4. The number of benzene rings is 1. The Morgan fingerprint density at radius 3 is 2.80 bits per heavy atom. The number of nitrogens with zero attached hydrogens (tertiary/aromatic N) is 1. The van der Waals surface area contributed by atoms with E-state index >= 15 is 0 Å². The molecule has 1 aromatic heterocycles. The fourth-order valence-corrected chi connectivity index (χ4v) is 1.69. The highest BCUT2D eigenvalue weighted by atomic mass is 16.1. The van der Waals surface area contributed by atoms with Crippen LogP contribution in [0.2, 0.25) is 0 Å². The number of anilines is 2. The summed E-state index contributed by atoms with van der Waals surface area (Å²) in [5.41, 5.74) is 11.8. The van der Waals surface area contributed by atoms with Gasteiger partial charge in [-0.25, -0.2) is 4.98 Å². The average Bonchev–Trinajstić information content (AvgIpc) is 2.37. The molecule has 1 amide bonds. The van der Waals surface area contributed by atoms with E-state index in [0.717, 1.165) is 0 Å². The van der Waals surface area contributed by atoms with E-state index < -0.39 is 11.3 Å². The van der Waals surface area contributed by atoms with Crippen LogP contribution < -0.4 is 22.3 Å². The molecule has 20 heavy (non-hydrogen) atoms. The molecule has 0 atom stereocenters. The first-order valence-electron chi connectivity index (χ1n) is 6.12. The van der Waals surface area contributed by atoms with Gasteiger partial charge in [0.15, 0.2) is 0 Å². The van der Waals surface area contributed by atoms with Crippen molar-refractivity contribution in [1.82, 2.24) is 9.97 Å². The van der Waals surface area contributed by atoms with Crippen molar-refractivity contribution < 1.29 is 4.79 Å². The van der Waals surface area contributed by atoms with Gasteiger partial charge in [0.05, 0.1) is 34.0 Å². The number of H-pyrrole nitrogens is 1. The molecule has 7 heteroatoms. The Bertz CT molecular complexity index is 720. The summed E-state index contributed by atoms with van der Waals surface area (Å²) >= 11 is 0. The molecule has 0 aliphatic rings. The van der Waals surface area contributed by atoms with Gasteiger partial charge in [-0.15, -0.1) is 0 Å². The molecule has 0 radical (unpaired) electrons. The number of nitrogens with one attached hydrogen (secondary N) is 2. The molecular formula is C13H17N5O2. The minimum absolute atomic E-state index is 0.245. The third-order valence-electron chi connectivity index (χ3n) is 3.20. The van der Waals surface area contributed by atoms with Gasteiger partial charge in [-0.05, 0) is 26.0 Å². The summed E-state index contributed by atoms with van der Waals surface area (Å²) in [4.78, 5) is 29.5. The SMILES string of the molecule is CC(C)(CNc1cc2nc[nH]c(=O)c2cc1N)C(N)=O. The van der Waals surface area contributed by atoms with Crippen LogP contribution in [-0.2, 0) is 4.79 Å². The number of carbonyl (C=O) groups is 1. The van der Waals surface area contributed by atoms with E-state index in [1.807, 2.05) is 0 Å². The van der Waals surface area contributed by atoms with Gasteiger partial charge in [0.2, 0.25) is 5.91 Å². The topological polar surface area (TPSA) is 127 Å². The predicted octanol–water partition coefficient (Wildman–Crippen LogP) is 0.429. The number of nitrogen functional groups attached to an aromatic ring is 1. The van der Waals surface area contributed by atoms with Gasteiger partial charge in [0, 0.05) is 6.54 Å². The summed E-state index contributed by atoms with van der Waals surface area (Å²) in [5, 5.41) is 3.49. The first kappa shape index (κ1) is 13.9. The molecule has 0 saturated heterocycles. The number of aromatic nitrogens is 2. The number of nitrogens with two attached hydrogens (primary N) is 2. The molecule has 7 nitrogen and oxygen atoms in total. The summed E-state index contributed by atoms with van der Waals surface area (Å²) < 4.78 is 0. The molecule has 0 unspecified atom stereocenters. The first-order chi connectivity index (χ1) is 9.31. The van der Waals surface area contributed by atoms with Gasteiger partial charge in [-0.3, -0.25) is 9.59 Å². The molecule has 0 bridgehead atoms. The number of hydrogen-bond donors (Lipinski definition) is 4. The number of hydrogen-bond acceptors (Lipinski definition) is 5. The highest BCUT2D eigenvalue weighted by Crippen LogP contribution is 2.24. The lowest BCUT2D eigenvalue weighted by Gasteiger charge is -2.22. The third kappa shape index (κ3) is 2.56. The van der Waals surface area contributed by atoms with Crippen LogP contribution in [0.25, 0.3) is 10.9 Å². The maximum atomic E-state index is 11.6. The largest absolute Gasteiger partial charge is 0.397 e. The minimum Gasteiger partial charge on any atom is -0.397 e. The number of aromatic amines is 1. The lowest BCUT2D eigenvalue weighted by atomic mass is 9.92. The van der Waals surface area contributed by atoms with Crippen LogP contribution in [-0.4, -0.2) is 22.4 Å². The normalized spacial score (nSPS) is 11.5. The predicted molar refractivity (Wildman–Crippen MR) is 78.2 cm³/mol. The first-order valence-corrected chi connectivity index (χ1v) is 6.12. The van der Waals surface area contributed by atoms with Crippen molar-refractivity contribution in [1.29, 1.82) is 0 Å². The van der Waals surface area contributed by atoms with Crippen molar-refractivity contribution >= 4 is 28.2 Å². The van der Waals surface area contributed by atoms with Crippen molar-refractivity contribution in [3.05, 3.63) is 28.8 Å². The van der Waals surface area contributed by atoms with Crippen LogP contribution in [0.4, 0.5) is 11.4 Å². The Morgan fingerprint density at radius 2 is 2.15 bits per heavy atom. The zero-order chi connectivity index (χ0) is 14.9. The average molecular weight is 275 g/mol. The van der Waals surface area contributed by atoms with Crippen LogP contribution in [0.5, 0.6) is 0 Å². The standard InChI is InChI=1S/C13H17N5O2/c1-13(2,12(15)20)5-16-10-4-9-7(3-8(10)14)11(19)18-6-17-9/h3-4,6,16H,5,14H2,1-2H3,(H2,15,20)(H,17,18,19). The maximum absolute atomic E-state index is 11.6. The lowest BCUT2D eigenvalue weighted by molar-refractivity contribution is -0.125. The van der Waals surface area contributed by atoms with Crippen LogP contribution in [0.15, 0.2) is 23.3 Å². The van der Waals surface area contributed by atoms with E-state index in [1.165, 1.54) is 6.33 Å². The Balaban J connectivity index is 2.34. The minimum atomic E-state index is -0.705. The van der Waals surface area contributed by atoms with Crippen LogP contribution in [0.3, 0.4) is 0 Å². The van der Waals surface area contributed by atoms with Gasteiger partial charge in [0.1, 0.15) is 0 Å². The third-order valence-corrected chi connectivity index (χ3v) is 3.20. The van der Waals surface area contributed by atoms with Crippen molar-refractivity contribution in [2.75, 3.05) is 17.6 Å². The smallest absolute Gasteiger partial charge is 0.258 e. The highest BCUT2D eigenvalue weighted by Gasteiger charge is 2.24. The van der Waals surface area contributed by atoms with E-state index in [-0.39, 0.29) is 5.56 Å². The monoisotopic (exact) mass is 275 g/mol. The quantitative estimate of drug-likeness (QED) is 0.602. The van der Waals surface area contributed by atoms with Crippen LogP contribution in [0.1, 0.15) is 13.8 Å². The summed E-state index contributed by atoms with van der Waals surface area (Å²) in [7, 11) is 0. The van der Waals surface area contributed by atoms with E-state index in [2.05, 4.69) is 15.3 Å². The fourth-order valence-electron chi connectivity index (χ4n) is 1.69. The van der Waals surface area contributed by atoms with Gasteiger partial charge in [0.25, 0.3) is 5.56 Å². The molecule has 106 valence electrons. The molecule has 0 aliphatic carbocycles. The number of rotatable bonds is 4. The lowest BCUT2D eigenvalue weighted by Crippen LogP contribution is -2.37. The molecule has 0 aliphatic heterocycles. The maximum Gasteiger partial charge on any atom is 0.258 e. The van der Waals surface area contributed by atoms with Crippen molar-refractivity contribution in [2.24, 2.45) is 11.1 Å². The van der Waals surface area contributed by atoms with E-state index in [1.54, 1.807) is 26.0 Å². The molecular weight excluding hydrogens is 258 g/mol. The fraction of sp³-hybridized carbons (Fsp3) is 0.308. The molecule has 2 rings (SSSR count). The number of carbonyl (C=O) groups excluding carboxylic acids is 1. The van der Waals surface area contributed by atoms with Crippen molar-refractivity contribution in [3.8, 4) is 0 Å². The van der Waals surface area contributed by atoms with Crippen LogP contribution >= 0.6 is 0 Å². The molecule has 0 spiro atoms. The molecule has 2 aromatic rings. The van der Waals surface area contributed by atoms with Gasteiger partial charge in [-0.2, -0.15) is 0 Å².